The van der Waals surface area contributed by atoms with Gasteiger partial charge in [0.15, 0.2) is 0 Å². The van der Waals surface area contributed by atoms with Crippen LogP contribution in [0.5, 0.6) is 0 Å². The van der Waals surface area contributed by atoms with E-state index < -0.39 is 0 Å². The van der Waals surface area contributed by atoms with Crippen LogP contribution in [-0.4, -0.2) is 16.3 Å². The topological polar surface area (TPSA) is 29.9 Å². The molecule has 0 bridgehead atoms. The van der Waals surface area contributed by atoms with Crippen LogP contribution >= 0.6 is 0 Å². The van der Waals surface area contributed by atoms with Crippen LogP contribution in [0, 0.1) is 6.92 Å². The summed E-state index contributed by atoms with van der Waals surface area (Å²) >= 11 is 0. The number of nitrogens with one attached hydrogen (secondary N) is 1. The highest BCUT2D eigenvalue weighted by Crippen LogP contribution is 2.29. The molecule has 21 heavy (non-hydrogen) atoms. The molecular weight excluding hydrogens is 258 g/mol. The van der Waals surface area contributed by atoms with Gasteiger partial charge in [-0.05, 0) is 58.6 Å². The normalized spacial score (nSPS) is 18.0. The zero-order chi connectivity index (χ0) is 15.1. The molecule has 1 atom stereocenters. The zero-order valence-corrected chi connectivity index (χ0v) is 14.0. The second-order valence-corrected chi connectivity index (χ2v) is 6.15. The lowest BCUT2D eigenvalue weighted by atomic mass is 9.93. The van der Waals surface area contributed by atoms with E-state index in [1.165, 1.54) is 50.6 Å². The minimum Gasteiger partial charge on any atom is -0.305 e. The monoisotopic (exact) mass is 289 g/mol. The molecule has 118 valence electrons. The molecule has 0 saturated carbocycles. The van der Waals surface area contributed by atoms with Gasteiger partial charge in [0.25, 0.3) is 0 Å². The van der Waals surface area contributed by atoms with Gasteiger partial charge in [0.05, 0.1) is 17.4 Å². The fourth-order valence-electron chi connectivity index (χ4n) is 3.24. The lowest BCUT2D eigenvalue weighted by Crippen LogP contribution is -2.26. The molecule has 3 heteroatoms. The van der Waals surface area contributed by atoms with Crippen LogP contribution in [0.1, 0.15) is 76.2 Å². The van der Waals surface area contributed by atoms with Crippen molar-refractivity contribution in [2.45, 2.75) is 78.3 Å². The first-order valence-electron chi connectivity index (χ1n) is 8.73. The number of aryl methyl sites for hydroxylation is 2. The third-order valence-corrected chi connectivity index (χ3v) is 4.32. The summed E-state index contributed by atoms with van der Waals surface area (Å²) in [5, 5.41) is 8.41. The van der Waals surface area contributed by atoms with Gasteiger partial charge in [-0.25, -0.2) is 0 Å². The molecule has 1 unspecified atom stereocenters. The van der Waals surface area contributed by atoms with Crippen molar-refractivity contribution >= 4 is 0 Å². The Morgan fingerprint density at radius 2 is 2.05 bits per heavy atom. The zero-order valence-electron chi connectivity index (χ0n) is 14.0. The van der Waals surface area contributed by atoms with E-state index in [1.807, 2.05) is 0 Å². The Labute approximate surface area is 129 Å². The molecule has 1 aliphatic rings. The summed E-state index contributed by atoms with van der Waals surface area (Å²) in [5.41, 5.74) is 4.05. The molecule has 1 aromatic heterocycles. The Hall–Kier alpha value is -1.09. The molecule has 1 heterocycles. The predicted molar refractivity (Wildman–Crippen MR) is 89.5 cm³/mol. The van der Waals surface area contributed by atoms with Gasteiger partial charge in [-0.15, -0.1) is 0 Å². The van der Waals surface area contributed by atoms with Crippen LogP contribution in [-0.2, 0) is 6.54 Å². The van der Waals surface area contributed by atoms with Crippen LogP contribution in [0.15, 0.2) is 17.7 Å². The number of nitrogens with zero attached hydrogens (tertiary/aromatic N) is 2. The van der Waals surface area contributed by atoms with E-state index in [-0.39, 0.29) is 0 Å². The maximum Gasteiger partial charge on any atom is 0.0707 e. The van der Waals surface area contributed by atoms with Gasteiger partial charge < -0.3 is 5.32 Å². The largest absolute Gasteiger partial charge is 0.305 e. The third-order valence-electron chi connectivity index (χ3n) is 4.32. The summed E-state index contributed by atoms with van der Waals surface area (Å²) in [7, 11) is 0. The molecule has 1 aliphatic carbocycles. The molecule has 1 N–H and O–H groups in total. The lowest BCUT2D eigenvalue weighted by molar-refractivity contribution is 0.498. The Morgan fingerprint density at radius 1 is 1.24 bits per heavy atom. The standard InChI is InChI=1S/C18H31N3/c1-4-13-19-18(16-11-9-7-6-8-10-12-16)17-14-15(3)20-21(17)5-2/h11,14,18-19H,4-10,12-13H2,1-3H3. The molecule has 0 saturated heterocycles. The maximum atomic E-state index is 4.64. The number of aromatic nitrogens is 2. The molecule has 0 aliphatic heterocycles. The Kier molecular flexibility index (Phi) is 6.50. The lowest BCUT2D eigenvalue weighted by Gasteiger charge is -2.24. The van der Waals surface area contributed by atoms with E-state index >= 15 is 0 Å². The van der Waals surface area contributed by atoms with Crippen molar-refractivity contribution in [1.29, 1.82) is 0 Å². The summed E-state index contributed by atoms with van der Waals surface area (Å²) in [6.45, 7) is 8.52. The van der Waals surface area contributed by atoms with E-state index in [9.17, 15) is 0 Å². The first kappa shape index (κ1) is 16.3. The first-order valence-corrected chi connectivity index (χ1v) is 8.73. The molecule has 0 amide bonds. The molecule has 0 fully saturated rings. The fraction of sp³-hybridized carbons (Fsp3) is 0.722. The summed E-state index contributed by atoms with van der Waals surface area (Å²) in [4.78, 5) is 0. The smallest absolute Gasteiger partial charge is 0.0707 e. The van der Waals surface area contributed by atoms with Crippen molar-refractivity contribution in [3.63, 3.8) is 0 Å². The number of hydrogen-bond acceptors (Lipinski definition) is 2. The summed E-state index contributed by atoms with van der Waals surface area (Å²) in [6.07, 6.45) is 11.6. The summed E-state index contributed by atoms with van der Waals surface area (Å²) in [5.74, 6) is 0. The Balaban J connectivity index is 2.27. The van der Waals surface area contributed by atoms with Crippen molar-refractivity contribution in [2.24, 2.45) is 0 Å². The van der Waals surface area contributed by atoms with Crippen LogP contribution in [0.2, 0.25) is 0 Å². The molecule has 0 spiro atoms. The van der Waals surface area contributed by atoms with Gasteiger partial charge in [-0.3, -0.25) is 4.68 Å². The van der Waals surface area contributed by atoms with Crippen molar-refractivity contribution in [1.82, 2.24) is 15.1 Å². The van der Waals surface area contributed by atoms with Gasteiger partial charge in [-0.2, -0.15) is 5.10 Å². The van der Waals surface area contributed by atoms with Crippen molar-refractivity contribution in [3.8, 4) is 0 Å². The van der Waals surface area contributed by atoms with Crippen LogP contribution in [0.25, 0.3) is 0 Å². The van der Waals surface area contributed by atoms with Gasteiger partial charge in [0.1, 0.15) is 0 Å². The highest BCUT2D eigenvalue weighted by atomic mass is 15.3. The molecular formula is C18H31N3. The van der Waals surface area contributed by atoms with Gasteiger partial charge in [-0.1, -0.05) is 31.4 Å². The predicted octanol–water partition coefficient (Wildman–Crippen LogP) is 4.53. The molecule has 2 rings (SSSR count). The van der Waals surface area contributed by atoms with E-state index in [0.29, 0.717) is 6.04 Å². The summed E-state index contributed by atoms with van der Waals surface area (Å²) in [6, 6.07) is 2.61. The van der Waals surface area contributed by atoms with E-state index in [1.54, 1.807) is 5.57 Å². The van der Waals surface area contributed by atoms with E-state index in [4.69, 9.17) is 0 Å². The maximum absolute atomic E-state index is 4.64. The SMILES string of the molecule is CCCNC(C1=CCCCCCC1)c1cc(C)nn1CC. The Bertz CT molecular complexity index is 459. The molecule has 0 radical (unpaired) electrons. The fourth-order valence-corrected chi connectivity index (χ4v) is 3.24. The van der Waals surface area contributed by atoms with Crippen molar-refractivity contribution in [3.05, 3.63) is 29.1 Å². The average Bonchev–Trinajstić information content (AvgIpc) is 2.82. The first-order chi connectivity index (χ1) is 10.3. The molecule has 1 aromatic rings. The van der Waals surface area contributed by atoms with Crippen LogP contribution in [0.3, 0.4) is 0 Å². The van der Waals surface area contributed by atoms with Crippen molar-refractivity contribution in [2.75, 3.05) is 6.54 Å². The van der Waals surface area contributed by atoms with E-state index in [2.05, 4.69) is 48.0 Å². The quantitative estimate of drug-likeness (QED) is 0.780. The second-order valence-electron chi connectivity index (χ2n) is 6.15. The minimum absolute atomic E-state index is 0.351. The number of allylic oxidation sites excluding steroid dienone is 1. The number of rotatable bonds is 6. The van der Waals surface area contributed by atoms with E-state index in [0.717, 1.165) is 18.8 Å². The van der Waals surface area contributed by atoms with Gasteiger partial charge >= 0.3 is 0 Å². The van der Waals surface area contributed by atoms with Gasteiger partial charge in [0, 0.05) is 6.54 Å². The van der Waals surface area contributed by atoms with Gasteiger partial charge in [0.2, 0.25) is 0 Å². The number of hydrogen-bond donors (Lipinski definition) is 1. The minimum atomic E-state index is 0.351. The van der Waals surface area contributed by atoms with Crippen LogP contribution < -0.4 is 5.32 Å². The molecule has 0 aromatic carbocycles. The highest BCUT2D eigenvalue weighted by Gasteiger charge is 2.20. The second kappa shape index (κ2) is 8.38. The Morgan fingerprint density at radius 3 is 2.81 bits per heavy atom. The van der Waals surface area contributed by atoms with Crippen LogP contribution in [0.4, 0.5) is 0 Å². The average molecular weight is 289 g/mol. The highest BCUT2D eigenvalue weighted by molar-refractivity contribution is 5.25. The van der Waals surface area contributed by atoms with Crippen molar-refractivity contribution < 1.29 is 0 Å². The molecule has 3 nitrogen and oxygen atoms in total. The third kappa shape index (κ3) is 4.44. The summed E-state index contributed by atoms with van der Waals surface area (Å²) < 4.78 is 2.17.